The highest BCUT2D eigenvalue weighted by molar-refractivity contribution is 7.10. The molecular weight excluding hydrogens is 228 g/mol. The Hall–Kier alpha value is -0.380. The topological polar surface area (TPSA) is 15.3 Å². The van der Waals surface area contributed by atoms with E-state index in [1.807, 2.05) is 11.3 Å². The molecule has 0 spiro atoms. The predicted molar refractivity (Wildman–Crippen MR) is 75.6 cm³/mol. The average molecular weight is 252 g/mol. The molecule has 0 bridgehead atoms. The largest absolute Gasteiger partial charge is 0.315 e. The van der Waals surface area contributed by atoms with Gasteiger partial charge in [0, 0.05) is 30.6 Å². The minimum atomic E-state index is 0.641. The first-order valence-electron chi connectivity index (χ1n) is 6.67. The van der Waals surface area contributed by atoms with Gasteiger partial charge in [0.1, 0.15) is 0 Å². The molecule has 2 rings (SSSR count). The Labute approximate surface area is 109 Å². The van der Waals surface area contributed by atoms with Crippen LogP contribution < -0.4 is 5.32 Å². The van der Waals surface area contributed by atoms with Gasteiger partial charge in [-0.25, -0.2) is 0 Å². The standard InChI is InChI=1S/C14H24N2S/c1-11(2)8-15-9-12(3)16-6-4-14-13(10-16)5-7-17-14/h5,7,11-12,15H,4,6,8-10H2,1-3H3. The zero-order valence-corrected chi connectivity index (χ0v) is 12.0. The SMILES string of the molecule is CC(C)CNCC(C)N1CCc2sccc2C1. The van der Waals surface area contributed by atoms with Gasteiger partial charge in [-0.15, -0.1) is 11.3 Å². The summed E-state index contributed by atoms with van der Waals surface area (Å²) >= 11 is 1.92. The third kappa shape index (κ3) is 3.54. The van der Waals surface area contributed by atoms with E-state index in [9.17, 15) is 0 Å². The lowest BCUT2D eigenvalue weighted by Gasteiger charge is -2.32. The van der Waals surface area contributed by atoms with Crippen LogP contribution in [-0.4, -0.2) is 30.6 Å². The molecule has 1 atom stereocenters. The maximum atomic E-state index is 3.56. The number of rotatable bonds is 5. The lowest BCUT2D eigenvalue weighted by atomic mass is 10.1. The highest BCUT2D eigenvalue weighted by Gasteiger charge is 2.20. The third-order valence-corrected chi connectivity index (χ3v) is 4.48. The molecule has 1 N–H and O–H groups in total. The van der Waals surface area contributed by atoms with Gasteiger partial charge in [0.15, 0.2) is 0 Å². The van der Waals surface area contributed by atoms with Crippen molar-refractivity contribution in [2.24, 2.45) is 5.92 Å². The van der Waals surface area contributed by atoms with Crippen LogP contribution in [0.1, 0.15) is 31.2 Å². The van der Waals surface area contributed by atoms with Crippen molar-refractivity contribution >= 4 is 11.3 Å². The monoisotopic (exact) mass is 252 g/mol. The summed E-state index contributed by atoms with van der Waals surface area (Å²) in [4.78, 5) is 4.20. The van der Waals surface area contributed by atoms with E-state index in [0.29, 0.717) is 6.04 Å². The van der Waals surface area contributed by atoms with Crippen molar-refractivity contribution in [2.75, 3.05) is 19.6 Å². The molecule has 17 heavy (non-hydrogen) atoms. The molecule has 0 aromatic carbocycles. The van der Waals surface area contributed by atoms with Crippen molar-refractivity contribution in [1.82, 2.24) is 10.2 Å². The molecule has 0 saturated heterocycles. The second-order valence-corrected chi connectivity index (χ2v) is 6.49. The zero-order chi connectivity index (χ0) is 12.3. The second kappa shape index (κ2) is 5.98. The molecule has 1 aromatic heterocycles. The van der Waals surface area contributed by atoms with Crippen LogP contribution in [0.15, 0.2) is 11.4 Å². The van der Waals surface area contributed by atoms with Gasteiger partial charge in [0.25, 0.3) is 0 Å². The Kier molecular flexibility index (Phi) is 4.60. The highest BCUT2D eigenvalue weighted by atomic mass is 32.1. The smallest absolute Gasteiger partial charge is 0.0248 e. The number of hydrogen-bond donors (Lipinski definition) is 1. The van der Waals surface area contributed by atoms with Crippen LogP contribution >= 0.6 is 11.3 Å². The van der Waals surface area contributed by atoms with E-state index in [1.165, 1.54) is 13.0 Å². The van der Waals surface area contributed by atoms with Crippen molar-refractivity contribution in [3.8, 4) is 0 Å². The number of hydrogen-bond acceptors (Lipinski definition) is 3. The normalized spacial score (nSPS) is 18.4. The van der Waals surface area contributed by atoms with Crippen LogP contribution in [-0.2, 0) is 13.0 Å². The maximum absolute atomic E-state index is 3.56. The van der Waals surface area contributed by atoms with Gasteiger partial charge in [-0.2, -0.15) is 0 Å². The second-order valence-electron chi connectivity index (χ2n) is 5.49. The molecule has 1 unspecified atom stereocenters. The van der Waals surface area contributed by atoms with E-state index in [2.05, 4.69) is 42.4 Å². The summed E-state index contributed by atoms with van der Waals surface area (Å²) in [6.07, 6.45) is 1.24. The van der Waals surface area contributed by atoms with Crippen LogP contribution in [0.5, 0.6) is 0 Å². The lowest BCUT2D eigenvalue weighted by Crippen LogP contribution is -2.43. The Morgan fingerprint density at radius 1 is 1.35 bits per heavy atom. The molecule has 2 heterocycles. The summed E-state index contributed by atoms with van der Waals surface area (Å²) in [6.45, 7) is 11.5. The average Bonchev–Trinajstić information content (AvgIpc) is 2.75. The quantitative estimate of drug-likeness (QED) is 0.867. The summed E-state index contributed by atoms with van der Waals surface area (Å²) in [6, 6.07) is 2.93. The molecule has 0 radical (unpaired) electrons. The van der Waals surface area contributed by atoms with E-state index in [-0.39, 0.29) is 0 Å². The van der Waals surface area contributed by atoms with E-state index in [4.69, 9.17) is 0 Å². The van der Waals surface area contributed by atoms with E-state index in [1.54, 1.807) is 10.4 Å². The zero-order valence-electron chi connectivity index (χ0n) is 11.2. The summed E-state index contributed by atoms with van der Waals surface area (Å²) in [5, 5.41) is 5.79. The van der Waals surface area contributed by atoms with Crippen LogP contribution in [0.3, 0.4) is 0 Å². The van der Waals surface area contributed by atoms with Crippen molar-refractivity contribution in [3.63, 3.8) is 0 Å². The van der Waals surface area contributed by atoms with Gasteiger partial charge < -0.3 is 5.32 Å². The van der Waals surface area contributed by atoms with Gasteiger partial charge in [0.05, 0.1) is 0 Å². The van der Waals surface area contributed by atoms with Crippen molar-refractivity contribution in [2.45, 2.75) is 39.8 Å². The van der Waals surface area contributed by atoms with Crippen molar-refractivity contribution < 1.29 is 0 Å². The maximum Gasteiger partial charge on any atom is 0.0248 e. The fourth-order valence-electron chi connectivity index (χ4n) is 2.36. The van der Waals surface area contributed by atoms with Gasteiger partial charge in [-0.05, 0) is 42.8 Å². The van der Waals surface area contributed by atoms with E-state index in [0.717, 1.165) is 25.6 Å². The Morgan fingerprint density at radius 2 is 2.18 bits per heavy atom. The van der Waals surface area contributed by atoms with Gasteiger partial charge in [-0.3, -0.25) is 4.90 Å². The molecule has 1 aliphatic rings. The molecule has 96 valence electrons. The molecule has 0 aliphatic carbocycles. The number of fused-ring (bicyclic) bond motifs is 1. The third-order valence-electron chi connectivity index (χ3n) is 3.45. The molecule has 1 aliphatic heterocycles. The van der Waals surface area contributed by atoms with Crippen LogP contribution in [0.4, 0.5) is 0 Å². The van der Waals surface area contributed by atoms with E-state index < -0.39 is 0 Å². The van der Waals surface area contributed by atoms with Crippen LogP contribution in [0.2, 0.25) is 0 Å². The molecule has 0 saturated carbocycles. The Balaban J connectivity index is 1.79. The molecule has 0 fully saturated rings. The molecule has 3 heteroatoms. The summed E-state index contributed by atoms with van der Waals surface area (Å²) < 4.78 is 0. The molecular formula is C14H24N2S. The number of thiophene rings is 1. The van der Waals surface area contributed by atoms with Crippen molar-refractivity contribution in [1.29, 1.82) is 0 Å². The first-order valence-corrected chi connectivity index (χ1v) is 7.54. The summed E-state index contributed by atoms with van der Waals surface area (Å²) in [5.74, 6) is 0.743. The molecule has 1 aromatic rings. The molecule has 0 amide bonds. The minimum absolute atomic E-state index is 0.641. The number of nitrogens with one attached hydrogen (secondary N) is 1. The first-order chi connectivity index (χ1) is 8.16. The fourth-order valence-corrected chi connectivity index (χ4v) is 3.25. The summed E-state index contributed by atoms with van der Waals surface area (Å²) in [7, 11) is 0. The summed E-state index contributed by atoms with van der Waals surface area (Å²) in [5.41, 5.74) is 1.55. The Morgan fingerprint density at radius 3 is 2.94 bits per heavy atom. The van der Waals surface area contributed by atoms with Gasteiger partial charge in [0.2, 0.25) is 0 Å². The predicted octanol–water partition coefficient (Wildman–Crippen LogP) is 2.74. The lowest BCUT2D eigenvalue weighted by molar-refractivity contribution is 0.187. The number of nitrogens with zero attached hydrogens (tertiary/aromatic N) is 1. The van der Waals surface area contributed by atoms with Crippen LogP contribution in [0.25, 0.3) is 0 Å². The van der Waals surface area contributed by atoms with E-state index >= 15 is 0 Å². The first kappa shape index (κ1) is 13.1. The van der Waals surface area contributed by atoms with Crippen LogP contribution in [0, 0.1) is 5.92 Å². The molecule has 2 nitrogen and oxygen atoms in total. The highest BCUT2D eigenvalue weighted by Crippen LogP contribution is 2.24. The minimum Gasteiger partial charge on any atom is -0.315 e. The van der Waals surface area contributed by atoms with Crippen molar-refractivity contribution in [3.05, 3.63) is 21.9 Å². The van der Waals surface area contributed by atoms with Gasteiger partial charge >= 0.3 is 0 Å². The van der Waals surface area contributed by atoms with Gasteiger partial charge in [-0.1, -0.05) is 13.8 Å². The fraction of sp³-hybridized carbons (Fsp3) is 0.714. The Bertz CT molecular complexity index is 346.